The summed E-state index contributed by atoms with van der Waals surface area (Å²) >= 11 is 0. The first-order chi connectivity index (χ1) is 14.6. The Hall–Kier alpha value is -4.13. The second kappa shape index (κ2) is 7.04. The van der Waals surface area contributed by atoms with Crippen LogP contribution >= 0.6 is 0 Å². The largest absolute Gasteiger partial charge is 0.467 e. The SMILES string of the molecule is COC(=O)c1ccc2c(c1)nc(-c1cc3ccccc3oc1=O)n2Cc1ccco1. The van der Waals surface area contributed by atoms with E-state index in [-0.39, 0.29) is 0 Å². The van der Waals surface area contributed by atoms with Crippen LogP contribution < -0.4 is 5.63 Å². The Morgan fingerprint density at radius 2 is 1.97 bits per heavy atom. The number of furan rings is 1. The molecule has 148 valence electrons. The summed E-state index contributed by atoms with van der Waals surface area (Å²) in [6.07, 6.45) is 1.59. The number of hydrogen-bond acceptors (Lipinski definition) is 6. The smallest absolute Gasteiger partial charge is 0.347 e. The molecule has 0 aliphatic rings. The molecule has 0 unspecified atom stereocenters. The molecule has 0 amide bonds. The number of methoxy groups -OCH3 is 1. The summed E-state index contributed by atoms with van der Waals surface area (Å²) in [5.41, 5.74) is 2.04. The van der Waals surface area contributed by atoms with Crippen molar-refractivity contribution in [3.63, 3.8) is 0 Å². The molecule has 0 saturated heterocycles. The number of para-hydroxylation sites is 1. The van der Waals surface area contributed by atoms with Crippen molar-refractivity contribution in [3.8, 4) is 11.4 Å². The van der Waals surface area contributed by atoms with Crippen LogP contribution in [0, 0.1) is 0 Å². The Balaban J connectivity index is 1.76. The number of carbonyl (C=O) groups excluding carboxylic acids is 1. The summed E-state index contributed by atoms with van der Waals surface area (Å²) in [6.45, 7) is 0.364. The fraction of sp³-hybridized carbons (Fsp3) is 0.0870. The highest BCUT2D eigenvalue weighted by atomic mass is 16.5. The Morgan fingerprint density at radius 3 is 2.77 bits per heavy atom. The summed E-state index contributed by atoms with van der Waals surface area (Å²) in [7, 11) is 1.33. The van der Waals surface area contributed by atoms with Crippen LogP contribution in [-0.2, 0) is 11.3 Å². The Morgan fingerprint density at radius 1 is 1.10 bits per heavy atom. The highest BCUT2D eigenvalue weighted by Gasteiger charge is 2.19. The van der Waals surface area contributed by atoms with Crippen LogP contribution in [0.4, 0.5) is 0 Å². The number of aromatic nitrogens is 2. The Kier molecular flexibility index (Phi) is 4.21. The van der Waals surface area contributed by atoms with Gasteiger partial charge in [0.15, 0.2) is 0 Å². The lowest BCUT2D eigenvalue weighted by Gasteiger charge is -2.08. The maximum absolute atomic E-state index is 12.8. The van der Waals surface area contributed by atoms with Gasteiger partial charge in [-0.25, -0.2) is 14.6 Å². The van der Waals surface area contributed by atoms with Crippen molar-refractivity contribution in [3.05, 3.63) is 88.7 Å². The Bertz CT molecular complexity index is 1440. The molecule has 30 heavy (non-hydrogen) atoms. The molecule has 3 heterocycles. The molecule has 7 nitrogen and oxygen atoms in total. The average Bonchev–Trinajstić information content (AvgIpc) is 3.40. The van der Waals surface area contributed by atoms with Gasteiger partial charge in [0.2, 0.25) is 0 Å². The minimum atomic E-state index is -0.488. The first-order valence-corrected chi connectivity index (χ1v) is 9.28. The zero-order valence-electron chi connectivity index (χ0n) is 16.0. The van der Waals surface area contributed by atoms with Gasteiger partial charge in [-0.1, -0.05) is 18.2 Å². The van der Waals surface area contributed by atoms with Crippen LogP contribution in [-0.4, -0.2) is 22.6 Å². The van der Waals surface area contributed by atoms with E-state index in [1.807, 2.05) is 28.8 Å². The van der Waals surface area contributed by atoms with Crippen molar-refractivity contribution in [2.45, 2.75) is 6.54 Å². The van der Waals surface area contributed by atoms with E-state index in [0.717, 1.165) is 10.9 Å². The molecule has 7 heteroatoms. The predicted octanol–water partition coefficient (Wildman–Crippen LogP) is 4.24. The fourth-order valence-electron chi connectivity index (χ4n) is 3.52. The molecule has 0 spiro atoms. The monoisotopic (exact) mass is 400 g/mol. The van der Waals surface area contributed by atoms with E-state index >= 15 is 0 Å². The lowest BCUT2D eigenvalue weighted by atomic mass is 10.2. The highest BCUT2D eigenvalue weighted by Crippen LogP contribution is 2.27. The quantitative estimate of drug-likeness (QED) is 0.331. The topological polar surface area (TPSA) is 87.5 Å². The van der Waals surface area contributed by atoms with Crippen LogP contribution in [0.25, 0.3) is 33.4 Å². The molecular weight excluding hydrogens is 384 g/mol. The number of ether oxygens (including phenoxy) is 1. The van der Waals surface area contributed by atoms with Crippen molar-refractivity contribution < 1.29 is 18.4 Å². The van der Waals surface area contributed by atoms with Gasteiger partial charge < -0.3 is 18.1 Å². The van der Waals surface area contributed by atoms with Gasteiger partial charge in [-0.3, -0.25) is 0 Å². The molecule has 3 aromatic heterocycles. The first-order valence-electron chi connectivity index (χ1n) is 9.28. The van der Waals surface area contributed by atoms with Crippen molar-refractivity contribution in [2.75, 3.05) is 7.11 Å². The van der Waals surface area contributed by atoms with Crippen molar-refractivity contribution in [2.24, 2.45) is 0 Å². The Labute approximate surface area is 170 Å². The van der Waals surface area contributed by atoms with Gasteiger partial charge in [-0.05, 0) is 42.5 Å². The second-order valence-corrected chi connectivity index (χ2v) is 6.78. The third-order valence-corrected chi connectivity index (χ3v) is 4.95. The van der Waals surface area contributed by atoms with Gasteiger partial charge in [0.25, 0.3) is 0 Å². The van der Waals surface area contributed by atoms with Gasteiger partial charge in [0.05, 0.1) is 36.5 Å². The number of esters is 1. The average molecular weight is 400 g/mol. The van der Waals surface area contributed by atoms with Crippen molar-refractivity contribution in [1.82, 2.24) is 9.55 Å². The lowest BCUT2D eigenvalue weighted by Crippen LogP contribution is -2.09. The molecule has 0 N–H and O–H groups in total. The van der Waals surface area contributed by atoms with Crippen LogP contribution in [0.1, 0.15) is 16.1 Å². The summed E-state index contributed by atoms with van der Waals surface area (Å²) in [4.78, 5) is 29.4. The molecule has 5 aromatic rings. The summed E-state index contributed by atoms with van der Waals surface area (Å²) < 4.78 is 17.7. The molecule has 0 aliphatic carbocycles. The van der Waals surface area contributed by atoms with Gasteiger partial charge in [0, 0.05) is 5.39 Å². The van der Waals surface area contributed by atoms with E-state index in [4.69, 9.17) is 13.6 Å². The molecule has 2 aromatic carbocycles. The number of hydrogen-bond donors (Lipinski definition) is 0. The third-order valence-electron chi connectivity index (χ3n) is 4.95. The summed E-state index contributed by atoms with van der Waals surface area (Å²) in [5, 5.41) is 0.791. The number of carbonyl (C=O) groups is 1. The minimum Gasteiger partial charge on any atom is -0.467 e. The number of nitrogens with zero attached hydrogens (tertiary/aromatic N) is 2. The van der Waals surface area contributed by atoms with Crippen molar-refractivity contribution >= 4 is 28.0 Å². The number of fused-ring (bicyclic) bond motifs is 2. The molecule has 0 radical (unpaired) electrons. The van der Waals surface area contributed by atoms with Crippen LogP contribution in [0.3, 0.4) is 0 Å². The van der Waals surface area contributed by atoms with Gasteiger partial charge in [0.1, 0.15) is 22.7 Å². The molecule has 0 bridgehead atoms. The number of imidazole rings is 1. The molecule has 0 saturated carbocycles. The number of benzene rings is 2. The molecule has 5 rings (SSSR count). The first kappa shape index (κ1) is 17.9. The maximum Gasteiger partial charge on any atom is 0.347 e. The highest BCUT2D eigenvalue weighted by molar-refractivity contribution is 5.94. The van der Waals surface area contributed by atoms with Gasteiger partial charge in [-0.15, -0.1) is 0 Å². The minimum absolute atomic E-state index is 0.330. The van der Waals surface area contributed by atoms with Gasteiger partial charge >= 0.3 is 11.6 Å². The molecular formula is C23H16N2O5. The molecule has 0 atom stereocenters. The van der Waals surface area contributed by atoms with Crippen LogP contribution in [0.5, 0.6) is 0 Å². The second-order valence-electron chi connectivity index (χ2n) is 6.78. The van der Waals surface area contributed by atoms with Crippen LogP contribution in [0.15, 0.2) is 80.6 Å². The van der Waals surface area contributed by atoms with E-state index in [1.54, 1.807) is 42.7 Å². The van der Waals surface area contributed by atoms with Gasteiger partial charge in [-0.2, -0.15) is 0 Å². The maximum atomic E-state index is 12.8. The molecule has 0 aliphatic heterocycles. The zero-order chi connectivity index (χ0) is 20.7. The molecule has 0 fully saturated rings. The van der Waals surface area contributed by atoms with Crippen LogP contribution in [0.2, 0.25) is 0 Å². The third kappa shape index (κ3) is 2.97. The van der Waals surface area contributed by atoms with E-state index in [0.29, 0.717) is 40.4 Å². The normalized spacial score (nSPS) is 11.2. The summed E-state index contributed by atoms with van der Waals surface area (Å²) in [6, 6.07) is 17.8. The summed E-state index contributed by atoms with van der Waals surface area (Å²) in [5.74, 6) is 0.685. The van der Waals surface area contributed by atoms with E-state index in [9.17, 15) is 9.59 Å². The van der Waals surface area contributed by atoms with E-state index in [1.165, 1.54) is 7.11 Å². The van der Waals surface area contributed by atoms with E-state index < -0.39 is 11.6 Å². The number of rotatable bonds is 4. The predicted molar refractivity (Wildman–Crippen MR) is 110 cm³/mol. The van der Waals surface area contributed by atoms with E-state index in [2.05, 4.69) is 4.98 Å². The fourth-order valence-corrected chi connectivity index (χ4v) is 3.52. The zero-order valence-corrected chi connectivity index (χ0v) is 16.0. The standard InChI is InChI=1S/C23H16N2O5/c1-28-22(26)15-8-9-19-18(12-15)24-21(25(19)13-16-6-4-10-29-16)17-11-14-5-2-3-7-20(14)30-23(17)27/h2-12H,13H2,1H3. The lowest BCUT2D eigenvalue weighted by molar-refractivity contribution is 0.0601. The van der Waals surface area contributed by atoms with Crippen molar-refractivity contribution in [1.29, 1.82) is 0 Å².